The highest BCUT2D eigenvalue weighted by Crippen LogP contribution is 2.15. The highest BCUT2D eigenvalue weighted by atomic mass is 16.5. The summed E-state index contributed by atoms with van der Waals surface area (Å²) in [7, 11) is 0. The van der Waals surface area contributed by atoms with E-state index in [0.717, 1.165) is 32.4 Å². The van der Waals surface area contributed by atoms with Crippen LogP contribution in [0.4, 0.5) is 0 Å². The van der Waals surface area contributed by atoms with Crippen molar-refractivity contribution in [3.63, 3.8) is 0 Å². The Kier molecular flexibility index (Phi) is 5.41. The Balaban J connectivity index is 1.79. The molecular weight excluding hydrogens is 232 g/mol. The summed E-state index contributed by atoms with van der Waals surface area (Å²) >= 11 is 0. The van der Waals surface area contributed by atoms with Crippen LogP contribution in [0.3, 0.4) is 0 Å². The van der Waals surface area contributed by atoms with E-state index >= 15 is 0 Å². The summed E-state index contributed by atoms with van der Waals surface area (Å²) in [5.41, 5.74) is 0. The highest BCUT2D eigenvalue weighted by Gasteiger charge is 2.34. The molecule has 2 heterocycles. The summed E-state index contributed by atoms with van der Waals surface area (Å²) in [4.78, 5) is 12.2. The quantitative estimate of drug-likeness (QED) is 0.742. The molecule has 104 valence electrons. The number of carbonyl (C=O) groups is 1. The first-order chi connectivity index (χ1) is 8.81. The lowest BCUT2D eigenvalue weighted by molar-refractivity contribution is -0.127. The van der Waals surface area contributed by atoms with Gasteiger partial charge in [0.05, 0.1) is 31.8 Å². The fraction of sp³-hybridized carbons (Fsp3) is 0.923. The maximum atomic E-state index is 12.2. The van der Waals surface area contributed by atoms with Gasteiger partial charge in [0.1, 0.15) is 0 Å². The van der Waals surface area contributed by atoms with Gasteiger partial charge in [0.2, 0.25) is 5.91 Å². The molecule has 2 saturated heterocycles. The summed E-state index contributed by atoms with van der Waals surface area (Å²) in [6.07, 6.45) is 3.12. The van der Waals surface area contributed by atoms with Gasteiger partial charge in [-0.15, -0.1) is 0 Å². The van der Waals surface area contributed by atoms with Crippen LogP contribution in [0, 0.1) is 5.92 Å². The standard InChI is InChI=1S/C13H24N2O3/c1-2-5-14-12-9-18-8-11(12)13(16)15-10-4-3-6-17-7-10/h10-12,14H,2-9H2,1H3,(H,15,16). The molecule has 2 aliphatic heterocycles. The molecule has 0 aromatic carbocycles. The van der Waals surface area contributed by atoms with Crippen LogP contribution >= 0.6 is 0 Å². The van der Waals surface area contributed by atoms with Crippen molar-refractivity contribution in [2.45, 2.75) is 38.3 Å². The Labute approximate surface area is 109 Å². The molecule has 0 aromatic heterocycles. The molecule has 3 atom stereocenters. The average molecular weight is 256 g/mol. The van der Waals surface area contributed by atoms with Crippen molar-refractivity contribution in [1.29, 1.82) is 0 Å². The van der Waals surface area contributed by atoms with Gasteiger partial charge in [-0.05, 0) is 25.8 Å². The third kappa shape index (κ3) is 3.67. The van der Waals surface area contributed by atoms with E-state index in [-0.39, 0.29) is 23.9 Å². The molecule has 2 aliphatic rings. The summed E-state index contributed by atoms with van der Waals surface area (Å²) < 4.78 is 10.8. The molecule has 5 nitrogen and oxygen atoms in total. The molecule has 0 radical (unpaired) electrons. The van der Waals surface area contributed by atoms with Gasteiger partial charge >= 0.3 is 0 Å². The fourth-order valence-corrected chi connectivity index (χ4v) is 2.51. The third-order valence-corrected chi connectivity index (χ3v) is 3.58. The molecule has 2 fully saturated rings. The Morgan fingerprint density at radius 3 is 2.89 bits per heavy atom. The molecule has 1 amide bonds. The second-order valence-corrected chi connectivity index (χ2v) is 5.13. The van der Waals surface area contributed by atoms with Crippen LogP contribution in [0.15, 0.2) is 0 Å². The summed E-state index contributed by atoms with van der Waals surface area (Å²) in [5.74, 6) is 0.0510. The summed E-state index contributed by atoms with van der Waals surface area (Å²) in [6.45, 7) is 5.69. The molecule has 3 unspecified atom stereocenters. The van der Waals surface area contributed by atoms with E-state index in [4.69, 9.17) is 9.47 Å². The normalized spacial score (nSPS) is 32.4. The third-order valence-electron chi connectivity index (χ3n) is 3.58. The minimum atomic E-state index is -0.0570. The van der Waals surface area contributed by atoms with E-state index in [2.05, 4.69) is 17.6 Å². The first-order valence-electron chi connectivity index (χ1n) is 7.00. The molecule has 2 rings (SSSR count). The number of rotatable bonds is 5. The van der Waals surface area contributed by atoms with Crippen LogP contribution in [0.1, 0.15) is 26.2 Å². The largest absolute Gasteiger partial charge is 0.379 e. The number of nitrogens with one attached hydrogen (secondary N) is 2. The molecule has 2 N–H and O–H groups in total. The second-order valence-electron chi connectivity index (χ2n) is 5.13. The van der Waals surface area contributed by atoms with Crippen LogP contribution in [0.25, 0.3) is 0 Å². The summed E-state index contributed by atoms with van der Waals surface area (Å²) in [6, 6.07) is 0.341. The number of ether oxygens (including phenoxy) is 2. The lowest BCUT2D eigenvalue weighted by Gasteiger charge is -2.26. The Hall–Kier alpha value is -0.650. The van der Waals surface area contributed by atoms with Gasteiger partial charge < -0.3 is 20.1 Å². The first-order valence-corrected chi connectivity index (χ1v) is 7.00. The van der Waals surface area contributed by atoms with Crippen LogP contribution in [0.2, 0.25) is 0 Å². The minimum Gasteiger partial charge on any atom is -0.379 e. The number of amides is 1. The molecule has 0 aromatic rings. The van der Waals surface area contributed by atoms with Gasteiger partial charge in [-0.3, -0.25) is 4.79 Å². The van der Waals surface area contributed by atoms with Crippen molar-refractivity contribution in [3.8, 4) is 0 Å². The van der Waals surface area contributed by atoms with Crippen molar-refractivity contribution >= 4 is 5.91 Å². The fourth-order valence-electron chi connectivity index (χ4n) is 2.51. The maximum Gasteiger partial charge on any atom is 0.227 e. The van der Waals surface area contributed by atoms with Gasteiger partial charge in [-0.2, -0.15) is 0 Å². The van der Waals surface area contributed by atoms with Gasteiger partial charge in [-0.25, -0.2) is 0 Å². The van der Waals surface area contributed by atoms with Crippen molar-refractivity contribution < 1.29 is 14.3 Å². The Morgan fingerprint density at radius 1 is 1.28 bits per heavy atom. The topological polar surface area (TPSA) is 59.6 Å². The van der Waals surface area contributed by atoms with Crippen LogP contribution in [-0.4, -0.2) is 51.0 Å². The predicted octanol–water partition coefficient (Wildman–Crippen LogP) is 0.296. The van der Waals surface area contributed by atoms with E-state index in [1.165, 1.54) is 0 Å². The Bertz CT molecular complexity index is 267. The van der Waals surface area contributed by atoms with E-state index in [1.807, 2.05) is 0 Å². The van der Waals surface area contributed by atoms with Crippen LogP contribution < -0.4 is 10.6 Å². The van der Waals surface area contributed by atoms with E-state index < -0.39 is 0 Å². The van der Waals surface area contributed by atoms with Gasteiger partial charge in [-0.1, -0.05) is 6.92 Å². The van der Waals surface area contributed by atoms with Gasteiger partial charge in [0, 0.05) is 12.6 Å². The molecule has 5 heteroatoms. The highest BCUT2D eigenvalue weighted by molar-refractivity contribution is 5.80. The van der Waals surface area contributed by atoms with Crippen molar-refractivity contribution in [2.24, 2.45) is 5.92 Å². The van der Waals surface area contributed by atoms with E-state index in [0.29, 0.717) is 19.8 Å². The molecule has 18 heavy (non-hydrogen) atoms. The van der Waals surface area contributed by atoms with Gasteiger partial charge in [0.25, 0.3) is 0 Å². The van der Waals surface area contributed by atoms with Crippen LogP contribution in [-0.2, 0) is 14.3 Å². The zero-order valence-corrected chi connectivity index (χ0v) is 11.1. The number of carbonyl (C=O) groups excluding carboxylic acids is 1. The van der Waals surface area contributed by atoms with Crippen molar-refractivity contribution in [1.82, 2.24) is 10.6 Å². The predicted molar refractivity (Wildman–Crippen MR) is 68.4 cm³/mol. The van der Waals surface area contributed by atoms with E-state index in [9.17, 15) is 4.79 Å². The van der Waals surface area contributed by atoms with Crippen molar-refractivity contribution in [3.05, 3.63) is 0 Å². The van der Waals surface area contributed by atoms with Crippen LogP contribution in [0.5, 0.6) is 0 Å². The molecular formula is C13H24N2O3. The second kappa shape index (κ2) is 7.07. The van der Waals surface area contributed by atoms with Crippen molar-refractivity contribution in [2.75, 3.05) is 33.0 Å². The average Bonchev–Trinajstić information content (AvgIpc) is 2.86. The number of hydrogen-bond donors (Lipinski definition) is 2. The van der Waals surface area contributed by atoms with Gasteiger partial charge in [0.15, 0.2) is 0 Å². The number of hydrogen-bond acceptors (Lipinski definition) is 4. The lowest BCUT2D eigenvalue weighted by Crippen LogP contribution is -2.49. The zero-order valence-electron chi connectivity index (χ0n) is 11.1. The first kappa shape index (κ1) is 13.8. The smallest absolute Gasteiger partial charge is 0.227 e. The molecule has 0 saturated carbocycles. The summed E-state index contributed by atoms with van der Waals surface area (Å²) in [5, 5.41) is 6.47. The molecule has 0 spiro atoms. The minimum absolute atomic E-state index is 0.0570. The SMILES string of the molecule is CCCNC1COCC1C(=O)NC1CCCOC1. The molecule has 0 aliphatic carbocycles. The Morgan fingerprint density at radius 2 is 2.17 bits per heavy atom. The zero-order chi connectivity index (χ0) is 12.8. The lowest BCUT2D eigenvalue weighted by atomic mass is 10.0. The van der Waals surface area contributed by atoms with E-state index in [1.54, 1.807) is 0 Å². The maximum absolute atomic E-state index is 12.2. The monoisotopic (exact) mass is 256 g/mol. The molecule has 0 bridgehead atoms.